The van der Waals surface area contributed by atoms with Crippen molar-refractivity contribution in [3.63, 3.8) is 0 Å². The molecule has 0 heterocycles. The van der Waals surface area contributed by atoms with Gasteiger partial charge in [-0.1, -0.05) is 0 Å². The maximum Gasteiger partial charge on any atom is 0.123 e. The Kier molecular flexibility index (Phi) is 2.50. The van der Waals surface area contributed by atoms with Crippen LogP contribution >= 0.6 is 11.6 Å². The maximum atomic E-state index is 12.7. The standard InChI is InChI=1S/C9H10ClF/c1-6-3-9(11)4-8(5-10)7(6)2/h3-4H,5H2,1-2H3. The van der Waals surface area contributed by atoms with Crippen molar-refractivity contribution in [2.75, 3.05) is 0 Å². The Morgan fingerprint density at radius 2 is 2.00 bits per heavy atom. The molecule has 0 spiro atoms. The van der Waals surface area contributed by atoms with Crippen LogP contribution in [0.2, 0.25) is 0 Å². The fraction of sp³-hybridized carbons (Fsp3) is 0.333. The second kappa shape index (κ2) is 3.22. The summed E-state index contributed by atoms with van der Waals surface area (Å²) < 4.78 is 12.7. The average Bonchev–Trinajstić information content (AvgIpc) is 1.96. The first-order valence-corrected chi connectivity index (χ1v) is 4.00. The van der Waals surface area contributed by atoms with Crippen molar-refractivity contribution in [1.82, 2.24) is 0 Å². The molecule has 0 N–H and O–H groups in total. The Bertz CT molecular complexity index is 269. The Balaban J connectivity index is 3.24. The molecule has 0 aliphatic heterocycles. The molecule has 11 heavy (non-hydrogen) atoms. The van der Waals surface area contributed by atoms with Crippen molar-refractivity contribution >= 4 is 11.6 Å². The minimum Gasteiger partial charge on any atom is -0.207 e. The molecule has 0 unspecified atom stereocenters. The van der Waals surface area contributed by atoms with Crippen LogP contribution in [0.15, 0.2) is 12.1 Å². The van der Waals surface area contributed by atoms with E-state index in [1.165, 1.54) is 12.1 Å². The second-order valence-corrected chi connectivity index (χ2v) is 2.91. The van der Waals surface area contributed by atoms with E-state index in [0.717, 1.165) is 16.7 Å². The summed E-state index contributed by atoms with van der Waals surface area (Å²) in [5.74, 6) is 0.175. The average molecular weight is 173 g/mol. The van der Waals surface area contributed by atoms with Gasteiger partial charge in [0.05, 0.1) is 0 Å². The van der Waals surface area contributed by atoms with Crippen LogP contribution in [0.3, 0.4) is 0 Å². The van der Waals surface area contributed by atoms with E-state index in [2.05, 4.69) is 0 Å². The minimum atomic E-state index is -0.205. The zero-order valence-corrected chi connectivity index (χ0v) is 7.37. The number of halogens is 2. The summed E-state index contributed by atoms with van der Waals surface area (Å²) in [6.45, 7) is 3.83. The topological polar surface area (TPSA) is 0 Å². The Morgan fingerprint density at radius 1 is 1.36 bits per heavy atom. The van der Waals surface area contributed by atoms with Gasteiger partial charge in [-0.15, -0.1) is 11.6 Å². The molecule has 0 saturated heterocycles. The lowest BCUT2D eigenvalue weighted by Gasteiger charge is -2.04. The second-order valence-electron chi connectivity index (χ2n) is 2.64. The number of alkyl halides is 1. The highest BCUT2D eigenvalue weighted by Crippen LogP contribution is 2.16. The molecule has 1 aromatic rings. The van der Waals surface area contributed by atoms with Crippen LogP contribution in [-0.2, 0) is 5.88 Å². The highest BCUT2D eigenvalue weighted by atomic mass is 35.5. The van der Waals surface area contributed by atoms with E-state index in [1.54, 1.807) is 0 Å². The van der Waals surface area contributed by atoms with Gasteiger partial charge in [-0.25, -0.2) is 4.39 Å². The molecular formula is C9H10ClF. The summed E-state index contributed by atoms with van der Waals surface area (Å²) in [4.78, 5) is 0. The highest BCUT2D eigenvalue weighted by Gasteiger charge is 2.02. The van der Waals surface area contributed by atoms with E-state index in [1.807, 2.05) is 13.8 Å². The van der Waals surface area contributed by atoms with Gasteiger partial charge in [-0.05, 0) is 42.7 Å². The maximum absolute atomic E-state index is 12.7. The molecule has 0 amide bonds. The van der Waals surface area contributed by atoms with Crippen molar-refractivity contribution in [2.24, 2.45) is 0 Å². The van der Waals surface area contributed by atoms with Gasteiger partial charge in [-0.3, -0.25) is 0 Å². The molecule has 60 valence electrons. The molecular weight excluding hydrogens is 163 g/mol. The van der Waals surface area contributed by atoms with Crippen LogP contribution in [0.5, 0.6) is 0 Å². The summed E-state index contributed by atoms with van der Waals surface area (Å²) in [7, 11) is 0. The van der Waals surface area contributed by atoms with E-state index in [4.69, 9.17) is 11.6 Å². The van der Waals surface area contributed by atoms with Crippen molar-refractivity contribution in [3.8, 4) is 0 Å². The number of hydrogen-bond acceptors (Lipinski definition) is 0. The number of aryl methyl sites for hydroxylation is 1. The van der Waals surface area contributed by atoms with Crippen LogP contribution in [0.1, 0.15) is 16.7 Å². The molecule has 0 aliphatic rings. The van der Waals surface area contributed by atoms with E-state index in [9.17, 15) is 4.39 Å². The summed E-state index contributed by atoms with van der Waals surface area (Å²) in [6.07, 6.45) is 0. The lowest BCUT2D eigenvalue weighted by Crippen LogP contribution is -1.90. The van der Waals surface area contributed by atoms with Crippen LogP contribution in [-0.4, -0.2) is 0 Å². The van der Waals surface area contributed by atoms with E-state index >= 15 is 0 Å². The van der Waals surface area contributed by atoms with Crippen LogP contribution in [0.4, 0.5) is 4.39 Å². The summed E-state index contributed by atoms with van der Waals surface area (Å²) in [5.41, 5.74) is 2.92. The van der Waals surface area contributed by atoms with Gasteiger partial charge >= 0.3 is 0 Å². The van der Waals surface area contributed by atoms with Crippen LogP contribution in [0, 0.1) is 19.7 Å². The molecule has 0 aliphatic carbocycles. The molecule has 0 aromatic heterocycles. The van der Waals surface area contributed by atoms with Gasteiger partial charge in [0.1, 0.15) is 5.82 Å². The summed E-state index contributed by atoms with van der Waals surface area (Å²) in [5, 5.41) is 0. The van der Waals surface area contributed by atoms with E-state index < -0.39 is 0 Å². The fourth-order valence-electron chi connectivity index (χ4n) is 1.02. The Labute approximate surface area is 71.0 Å². The largest absolute Gasteiger partial charge is 0.207 e. The molecule has 0 saturated carbocycles. The van der Waals surface area contributed by atoms with Crippen molar-refractivity contribution in [3.05, 3.63) is 34.6 Å². The third kappa shape index (κ3) is 1.72. The predicted molar refractivity (Wildman–Crippen MR) is 45.4 cm³/mol. The lowest BCUT2D eigenvalue weighted by atomic mass is 10.0. The SMILES string of the molecule is Cc1cc(F)cc(CCl)c1C. The molecule has 0 atom stereocenters. The van der Waals surface area contributed by atoms with Crippen molar-refractivity contribution in [2.45, 2.75) is 19.7 Å². The van der Waals surface area contributed by atoms with Crippen molar-refractivity contribution in [1.29, 1.82) is 0 Å². The first kappa shape index (κ1) is 8.54. The van der Waals surface area contributed by atoms with E-state index in [-0.39, 0.29) is 5.82 Å². The molecule has 0 bridgehead atoms. The summed E-state index contributed by atoms with van der Waals surface area (Å²) in [6, 6.07) is 3.00. The fourth-order valence-corrected chi connectivity index (χ4v) is 1.30. The van der Waals surface area contributed by atoms with Gasteiger partial charge in [-0.2, -0.15) is 0 Å². The molecule has 1 rings (SSSR count). The molecule has 1 aromatic carbocycles. The third-order valence-electron chi connectivity index (χ3n) is 1.88. The van der Waals surface area contributed by atoms with Gasteiger partial charge in [0, 0.05) is 5.88 Å². The van der Waals surface area contributed by atoms with Crippen LogP contribution < -0.4 is 0 Å². The van der Waals surface area contributed by atoms with E-state index in [0.29, 0.717) is 5.88 Å². The first-order chi connectivity index (χ1) is 5.15. The van der Waals surface area contributed by atoms with Crippen molar-refractivity contribution < 1.29 is 4.39 Å². The minimum absolute atomic E-state index is 0.205. The normalized spacial score (nSPS) is 10.2. The molecule has 0 nitrogen and oxygen atoms in total. The molecule has 2 heteroatoms. The number of rotatable bonds is 1. The first-order valence-electron chi connectivity index (χ1n) is 3.46. The van der Waals surface area contributed by atoms with Crippen LogP contribution in [0.25, 0.3) is 0 Å². The third-order valence-corrected chi connectivity index (χ3v) is 2.17. The zero-order valence-electron chi connectivity index (χ0n) is 6.62. The molecule has 0 fully saturated rings. The lowest BCUT2D eigenvalue weighted by molar-refractivity contribution is 0.624. The predicted octanol–water partition coefficient (Wildman–Crippen LogP) is 3.18. The quantitative estimate of drug-likeness (QED) is 0.571. The Hall–Kier alpha value is -0.560. The number of hydrogen-bond donors (Lipinski definition) is 0. The monoisotopic (exact) mass is 172 g/mol. The number of benzene rings is 1. The van der Waals surface area contributed by atoms with Gasteiger partial charge < -0.3 is 0 Å². The van der Waals surface area contributed by atoms with Gasteiger partial charge in [0.2, 0.25) is 0 Å². The zero-order chi connectivity index (χ0) is 8.43. The van der Waals surface area contributed by atoms with Gasteiger partial charge in [0.15, 0.2) is 0 Å². The smallest absolute Gasteiger partial charge is 0.123 e. The molecule has 0 radical (unpaired) electrons. The summed E-state index contributed by atoms with van der Waals surface area (Å²) >= 11 is 5.61. The van der Waals surface area contributed by atoms with Gasteiger partial charge in [0.25, 0.3) is 0 Å². The Morgan fingerprint density at radius 3 is 2.55 bits per heavy atom. The highest BCUT2D eigenvalue weighted by molar-refractivity contribution is 6.17.